The summed E-state index contributed by atoms with van der Waals surface area (Å²) in [6, 6.07) is 16.5. The molecule has 0 saturated heterocycles. The molecule has 0 aromatic heterocycles. The van der Waals surface area contributed by atoms with E-state index in [9.17, 15) is 0 Å². The average molecular weight is 285 g/mol. The molecule has 2 rings (SSSR count). The van der Waals surface area contributed by atoms with Crippen LogP contribution in [0.5, 0.6) is 5.75 Å². The molecule has 0 amide bonds. The van der Waals surface area contributed by atoms with E-state index in [1.165, 1.54) is 16.7 Å². The normalized spacial score (nSPS) is 10.6. The zero-order valence-electron chi connectivity index (χ0n) is 12.5. The SMILES string of the molecule is Cc1cccc(COc2ccc(CNCCCO)cc2)c1. The maximum absolute atomic E-state index is 8.71. The Morgan fingerprint density at radius 3 is 2.57 bits per heavy atom. The minimum Gasteiger partial charge on any atom is -0.489 e. The third kappa shape index (κ3) is 5.58. The Kier molecular flexibility index (Phi) is 6.25. The minimum absolute atomic E-state index is 0.235. The highest BCUT2D eigenvalue weighted by Gasteiger charge is 1.98. The number of hydrogen-bond donors (Lipinski definition) is 2. The molecule has 0 unspecified atom stereocenters. The molecule has 2 aromatic rings. The number of aliphatic hydroxyl groups excluding tert-OH is 1. The molecule has 0 atom stereocenters. The van der Waals surface area contributed by atoms with Gasteiger partial charge in [0.2, 0.25) is 0 Å². The van der Waals surface area contributed by atoms with E-state index in [0.29, 0.717) is 6.61 Å². The molecule has 0 fully saturated rings. The molecule has 0 spiro atoms. The van der Waals surface area contributed by atoms with Gasteiger partial charge in [-0.25, -0.2) is 0 Å². The summed E-state index contributed by atoms with van der Waals surface area (Å²) in [6.07, 6.45) is 0.789. The summed E-state index contributed by atoms with van der Waals surface area (Å²) in [5, 5.41) is 12.0. The van der Waals surface area contributed by atoms with Gasteiger partial charge in [0.15, 0.2) is 0 Å². The molecule has 3 nitrogen and oxygen atoms in total. The fraction of sp³-hybridized carbons (Fsp3) is 0.333. The first-order valence-electron chi connectivity index (χ1n) is 7.37. The van der Waals surface area contributed by atoms with Gasteiger partial charge in [-0.15, -0.1) is 0 Å². The molecule has 3 heteroatoms. The maximum Gasteiger partial charge on any atom is 0.119 e. The fourth-order valence-corrected chi connectivity index (χ4v) is 2.11. The highest BCUT2D eigenvalue weighted by atomic mass is 16.5. The third-order valence-corrected chi connectivity index (χ3v) is 3.25. The standard InChI is InChI=1S/C18H23NO2/c1-15-4-2-5-17(12-15)14-21-18-8-6-16(7-9-18)13-19-10-3-11-20/h2,4-9,12,19-20H,3,10-11,13-14H2,1H3. The second-order valence-corrected chi connectivity index (χ2v) is 5.18. The van der Waals surface area contributed by atoms with Crippen molar-refractivity contribution in [3.05, 3.63) is 65.2 Å². The molecule has 0 aliphatic carbocycles. The predicted molar refractivity (Wildman–Crippen MR) is 85.4 cm³/mol. The number of aryl methyl sites for hydroxylation is 1. The summed E-state index contributed by atoms with van der Waals surface area (Å²) in [6.45, 7) is 4.57. The quantitative estimate of drug-likeness (QED) is 0.733. The van der Waals surface area contributed by atoms with Gasteiger partial charge in [-0.05, 0) is 43.1 Å². The van der Waals surface area contributed by atoms with Crippen LogP contribution in [-0.4, -0.2) is 18.3 Å². The van der Waals surface area contributed by atoms with Crippen molar-refractivity contribution in [2.24, 2.45) is 0 Å². The molecule has 2 N–H and O–H groups in total. The molecule has 0 heterocycles. The smallest absolute Gasteiger partial charge is 0.119 e. The first-order chi connectivity index (χ1) is 10.3. The summed E-state index contributed by atoms with van der Waals surface area (Å²) in [5.41, 5.74) is 3.65. The largest absolute Gasteiger partial charge is 0.489 e. The predicted octanol–water partition coefficient (Wildman–Crippen LogP) is 3.05. The second kappa shape index (κ2) is 8.45. The Morgan fingerprint density at radius 2 is 1.86 bits per heavy atom. The van der Waals surface area contributed by atoms with Crippen LogP contribution in [0.15, 0.2) is 48.5 Å². The summed E-state index contributed by atoms with van der Waals surface area (Å²) >= 11 is 0. The van der Waals surface area contributed by atoms with Crippen molar-refractivity contribution >= 4 is 0 Å². The van der Waals surface area contributed by atoms with Gasteiger partial charge in [-0.3, -0.25) is 0 Å². The second-order valence-electron chi connectivity index (χ2n) is 5.18. The van der Waals surface area contributed by atoms with Gasteiger partial charge < -0.3 is 15.2 Å². The van der Waals surface area contributed by atoms with Crippen molar-refractivity contribution in [2.75, 3.05) is 13.2 Å². The zero-order chi connectivity index (χ0) is 14.9. The Labute approximate surface area is 126 Å². The van der Waals surface area contributed by atoms with Gasteiger partial charge in [0, 0.05) is 13.2 Å². The van der Waals surface area contributed by atoms with Gasteiger partial charge in [0.25, 0.3) is 0 Å². The number of ether oxygens (including phenoxy) is 1. The molecule has 0 bridgehead atoms. The lowest BCUT2D eigenvalue weighted by Crippen LogP contribution is -2.15. The highest BCUT2D eigenvalue weighted by molar-refractivity contribution is 5.28. The molecular formula is C18H23NO2. The lowest BCUT2D eigenvalue weighted by atomic mass is 10.1. The fourth-order valence-electron chi connectivity index (χ4n) is 2.11. The van der Waals surface area contributed by atoms with Crippen LogP contribution in [-0.2, 0) is 13.2 Å². The van der Waals surface area contributed by atoms with Crippen LogP contribution in [0.1, 0.15) is 23.1 Å². The molecule has 21 heavy (non-hydrogen) atoms. The molecule has 112 valence electrons. The third-order valence-electron chi connectivity index (χ3n) is 3.25. The van der Waals surface area contributed by atoms with Crippen molar-refractivity contribution in [1.29, 1.82) is 0 Å². The van der Waals surface area contributed by atoms with Gasteiger partial charge >= 0.3 is 0 Å². The summed E-state index contributed by atoms with van der Waals surface area (Å²) in [4.78, 5) is 0. The van der Waals surface area contributed by atoms with Crippen LogP contribution in [0.2, 0.25) is 0 Å². The molecule has 2 aromatic carbocycles. The van der Waals surface area contributed by atoms with Crippen molar-refractivity contribution in [1.82, 2.24) is 5.32 Å². The summed E-state index contributed by atoms with van der Waals surface area (Å²) in [7, 11) is 0. The molecule has 0 saturated carbocycles. The van der Waals surface area contributed by atoms with Crippen molar-refractivity contribution in [2.45, 2.75) is 26.5 Å². The van der Waals surface area contributed by atoms with E-state index in [2.05, 4.69) is 48.6 Å². The van der Waals surface area contributed by atoms with E-state index < -0.39 is 0 Å². The lowest BCUT2D eigenvalue weighted by Gasteiger charge is -2.08. The summed E-state index contributed by atoms with van der Waals surface area (Å²) < 4.78 is 5.79. The van der Waals surface area contributed by atoms with E-state index in [-0.39, 0.29) is 6.61 Å². The highest BCUT2D eigenvalue weighted by Crippen LogP contribution is 2.14. The molecule has 0 radical (unpaired) electrons. The van der Waals surface area contributed by atoms with E-state index in [1.54, 1.807) is 0 Å². The minimum atomic E-state index is 0.235. The van der Waals surface area contributed by atoms with E-state index in [1.807, 2.05) is 12.1 Å². The summed E-state index contributed by atoms with van der Waals surface area (Å²) in [5.74, 6) is 0.885. The molecular weight excluding hydrogens is 262 g/mol. The van der Waals surface area contributed by atoms with E-state index in [4.69, 9.17) is 9.84 Å². The van der Waals surface area contributed by atoms with Crippen LogP contribution in [0.25, 0.3) is 0 Å². The number of nitrogens with one attached hydrogen (secondary N) is 1. The number of aliphatic hydroxyl groups is 1. The topological polar surface area (TPSA) is 41.5 Å². The first-order valence-corrected chi connectivity index (χ1v) is 7.37. The number of hydrogen-bond acceptors (Lipinski definition) is 3. The monoisotopic (exact) mass is 285 g/mol. The number of benzene rings is 2. The van der Waals surface area contributed by atoms with Crippen LogP contribution < -0.4 is 10.1 Å². The van der Waals surface area contributed by atoms with Crippen molar-refractivity contribution < 1.29 is 9.84 Å². The Balaban J connectivity index is 1.79. The van der Waals surface area contributed by atoms with Crippen molar-refractivity contribution in [3.63, 3.8) is 0 Å². The zero-order valence-corrected chi connectivity index (χ0v) is 12.5. The average Bonchev–Trinajstić information content (AvgIpc) is 2.51. The van der Waals surface area contributed by atoms with Crippen LogP contribution >= 0.6 is 0 Å². The van der Waals surface area contributed by atoms with E-state index >= 15 is 0 Å². The van der Waals surface area contributed by atoms with E-state index in [0.717, 1.165) is 25.3 Å². The van der Waals surface area contributed by atoms with Crippen LogP contribution in [0, 0.1) is 6.92 Å². The maximum atomic E-state index is 8.71. The molecule has 0 aliphatic heterocycles. The van der Waals surface area contributed by atoms with Gasteiger partial charge in [-0.2, -0.15) is 0 Å². The Hall–Kier alpha value is -1.84. The van der Waals surface area contributed by atoms with Gasteiger partial charge in [0.1, 0.15) is 12.4 Å². The van der Waals surface area contributed by atoms with Crippen molar-refractivity contribution in [3.8, 4) is 5.75 Å². The molecule has 0 aliphatic rings. The Morgan fingerprint density at radius 1 is 1.05 bits per heavy atom. The van der Waals surface area contributed by atoms with Crippen LogP contribution in [0.3, 0.4) is 0 Å². The van der Waals surface area contributed by atoms with Gasteiger partial charge in [0.05, 0.1) is 0 Å². The first kappa shape index (κ1) is 15.5. The van der Waals surface area contributed by atoms with Crippen LogP contribution in [0.4, 0.5) is 0 Å². The Bertz CT molecular complexity index is 537. The van der Waals surface area contributed by atoms with Gasteiger partial charge in [-0.1, -0.05) is 42.0 Å². The number of rotatable bonds is 8. The lowest BCUT2D eigenvalue weighted by molar-refractivity contribution is 0.286.